The molecule has 0 saturated carbocycles. The van der Waals surface area contributed by atoms with Crippen LogP contribution in [0.15, 0.2) is 72.3 Å². The van der Waals surface area contributed by atoms with Gasteiger partial charge < -0.3 is 20.1 Å². The molecule has 0 atom stereocenters. The summed E-state index contributed by atoms with van der Waals surface area (Å²) in [5, 5.41) is 15.4. The first-order chi connectivity index (χ1) is 16.4. The molecule has 0 heterocycles. The van der Waals surface area contributed by atoms with Crippen molar-refractivity contribution >= 4 is 40.9 Å². The molecule has 0 saturated heterocycles. The molecule has 3 aromatic carbocycles. The van der Waals surface area contributed by atoms with E-state index in [1.54, 1.807) is 54.6 Å². The van der Waals surface area contributed by atoms with Gasteiger partial charge in [-0.05, 0) is 55.0 Å². The van der Waals surface area contributed by atoms with E-state index in [1.807, 2.05) is 25.1 Å². The minimum atomic E-state index is -0.573. The molecule has 0 bridgehead atoms. The molecule has 2 N–H and O–H groups in total. The first-order valence-electron chi connectivity index (χ1n) is 10.2. The van der Waals surface area contributed by atoms with Crippen LogP contribution in [0.4, 0.5) is 11.4 Å². The van der Waals surface area contributed by atoms with Gasteiger partial charge in [0, 0.05) is 16.3 Å². The van der Waals surface area contributed by atoms with Gasteiger partial charge in [-0.2, -0.15) is 5.26 Å². The second kappa shape index (κ2) is 11.5. The quantitative estimate of drug-likeness (QED) is 0.343. The fraction of sp³-hybridized carbons (Fsp3) is 0.115. The van der Waals surface area contributed by atoms with E-state index in [9.17, 15) is 14.9 Å². The van der Waals surface area contributed by atoms with Gasteiger partial charge in [-0.1, -0.05) is 41.9 Å². The molecule has 0 fully saturated rings. The van der Waals surface area contributed by atoms with Crippen molar-refractivity contribution in [2.24, 2.45) is 0 Å². The van der Waals surface area contributed by atoms with E-state index in [1.165, 1.54) is 13.2 Å². The highest BCUT2D eigenvalue weighted by Crippen LogP contribution is 2.27. The molecule has 8 heteroatoms. The van der Waals surface area contributed by atoms with Gasteiger partial charge in [0.05, 0.1) is 12.8 Å². The lowest BCUT2D eigenvalue weighted by Gasteiger charge is -2.12. The number of nitriles is 1. The van der Waals surface area contributed by atoms with Gasteiger partial charge in [0.2, 0.25) is 0 Å². The highest BCUT2D eigenvalue weighted by Gasteiger charge is 2.14. The number of carbonyl (C=O) groups is 2. The predicted octanol–water partition coefficient (Wildman–Crippen LogP) is 5.22. The summed E-state index contributed by atoms with van der Waals surface area (Å²) in [5.74, 6) is -0.177. The van der Waals surface area contributed by atoms with Crippen molar-refractivity contribution in [1.29, 1.82) is 5.26 Å². The Morgan fingerprint density at radius 2 is 1.71 bits per heavy atom. The molecular formula is C26H22ClN3O4. The predicted molar refractivity (Wildman–Crippen MR) is 132 cm³/mol. The molecule has 7 nitrogen and oxygen atoms in total. The summed E-state index contributed by atoms with van der Waals surface area (Å²) in [5.41, 5.74) is 2.21. The Labute approximate surface area is 202 Å². The van der Waals surface area contributed by atoms with E-state index in [0.29, 0.717) is 27.7 Å². The number of nitrogens with zero attached hydrogens (tertiary/aromatic N) is 1. The molecule has 34 heavy (non-hydrogen) atoms. The maximum atomic E-state index is 12.7. The number of hydrogen-bond donors (Lipinski definition) is 2. The number of carbonyl (C=O) groups excluding carboxylic acids is 2. The van der Waals surface area contributed by atoms with E-state index in [-0.39, 0.29) is 17.9 Å². The second-order valence-corrected chi connectivity index (χ2v) is 7.59. The largest absolute Gasteiger partial charge is 0.495 e. The van der Waals surface area contributed by atoms with Gasteiger partial charge in [-0.15, -0.1) is 0 Å². The van der Waals surface area contributed by atoms with Crippen LogP contribution in [0.5, 0.6) is 11.5 Å². The average Bonchev–Trinajstić information content (AvgIpc) is 2.83. The Kier molecular flexibility index (Phi) is 8.27. The number of amides is 2. The van der Waals surface area contributed by atoms with Crippen LogP contribution in [0, 0.1) is 18.3 Å². The lowest BCUT2D eigenvalue weighted by atomic mass is 10.1. The standard InChI is InChI=1S/C26H22ClN3O4/c1-17-7-3-4-8-21(17)30-26(32)19(15-28)13-18-14-20(27)11-12-23(18)34-16-25(31)29-22-9-5-6-10-24(22)33-2/h3-14H,16H2,1-2H3,(H,29,31)(H,30,32). The summed E-state index contributed by atoms with van der Waals surface area (Å²) in [6.07, 6.45) is 1.37. The van der Waals surface area contributed by atoms with Crippen molar-refractivity contribution in [3.63, 3.8) is 0 Å². The number of methoxy groups -OCH3 is 1. The van der Waals surface area contributed by atoms with E-state index in [2.05, 4.69) is 10.6 Å². The van der Waals surface area contributed by atoms with Gasteiger partial charge in [0.15, 0.2) is 6.61 Å². The number of halogens is 1. The molecule has 0 aliphatic rings. The molecule has 0 aliphatic carbocycles. The zero-order valence-corrected chi connectivity index (χ0v) is 19.3. The summed E-state index contributed by atoms with van der Waals surface area (Å²) in [6.45, 7) is 1.54. The molecule has 2 amide bonds. The molecule has 0 radical (unpaired) electrons. The summed E-state index contributed by atoms with van der Waals surface area (Å²) in [6, 6.07) is 20.8. The minimum absolute atomic E-state index is 0.145. The van der Waals surface area contributed by atoms with Crippen LogP contribution >= 0.6 is 11.6 Å². The maximum Gasteiger partial charge on any atom is 0.266 e. The first-order valence-corrected chi connectivity index (χ1v) is 10.6. The zero-order valence-electron chi connectivity index (χ0n) is 18.6. The number of aryl methyl sites for hydroxylation is 1. The zero-order chi connectivity index (χ0) is 24.5. The van der Waals surface area contributed by atoms with Gasteiger partial charge in [0.25, 0.3) is 11.8 Å². The summed E-state index contributed by atoms with van der Waals surface area (Å²) in [4.78, 5) is 25.1. The number of anilines is 2. The van der Waals surface area contributed by atoms with E-state index >= 15 is 0 Å². The van der Waals surface area contributed by atoms with Crippen LogP contribution < -0.4 is 20.1 Å². The summed E-state index contributed by atoms with van der Waals surface area (Å²) >= 11 is 6.12. The molecular weight excluding hydrogens is 454 g/mol. The van der Waals surface area contributed by atoms with Crippen molar-refractivity contribution in [3.8, 4) is 17.6 Å². The third kappa shape index (κ3) is 6.37. The highest BCUT2D eigenvalue weighted by molar-refractivity contribution is 6.30. The van der Waals surface area contributed by atoms with Crippen molar-refractivity contribution in [3.05, 3.63) is 88.5 Å². The number of ether oxygens (including phenoxy) is 2. The van der Waals surface area contributed by atoms with Crippen LogP contribution in [0.2, 0.25) is 5.02 Å². The Balaban J connectivity index is 1.76. The average molecular weight is 476 g/mol. The molecule has 172 valence electrons. The first kappa shape index (κ1) is 24.4. The Morgan fingerprint density at radius 3 is 2.41 bits per heavy atom. The monoisotopic (exact) mass is 475 g/mol. The van der Waals surface area contributed by atoms with Crippen molar-refractivity contribution in [2.45, 2.75) is 6.92 Å². The van der Waals surface area contributed by atoms with Crippen molar-refractivity contribution < 1.29 is 19.1 Å². The normalized spacial score (nSPS) is 10.7. The van der Waals surface area contributed by atoms with E-state index < -0.39 is 11.8 Å². The highest BCUT2D eigenvalue weighted by atomic mass is 35.5. The van der Waals surface area contributed by atoms with Gasteiger partial charge in [-0.3, -0.25) is 9.59 Å². The fourth-order valence-electron chi connectivity index (χ4n) is 3.05. The van der Waals surface area contributed by atoms with Crippen LogP contribution in [-0.4, -0.2) is 25.5 Å². The van der Waals surface area contributed by atoms with Crippen LogP contribution in [0.1, 0.15) is 11.1 Å². The fourth-order valence-corrected chi connectivity index (χ4v) is 3.23. The lowest BCUT2D eigenvalue weighted by molar-refractivity contribution is -0.118. The maximum absolute atomic E-state index is 12.7. The third-order valence-electron chi connectivity index (χ3n) is 4.77. The molecule has 3 rings (SSSR count). The van der Waals surface area contributed by atoms with Gasteiger partial charge in [0.1, 0.15) is 23.1 Å². The molecule has 0 unspecified atom stereocenters. The van der Waals surface area contributed by atoms with Crippen LogP contribution in [-0.2, 0) is 9.59 Å². The molecule has 0 aromatic heterocycles. The Hall–Kier alpha value is -4.28. The van der Waals surface area contributed by atoms with E-state index in [4.69, 9.17) is 21.1 Å². The molecule has 3 aromatic rings. The van der Waals surface area contributed by atoms with Gasteiger partial charge in [-0.25, -0.2) is 0 Å². The van der Waals surface area contributed by atoms with Crippen LogP contribution in [0.25, 0.3) is 6.08 Å². The van der Waals surface area contributed by atoms with E-state index in [0.717, 1.165) is 5.56 Å². The van der Waals surface area contributed by atoms with Crippen molar-refractivity contribution in [1.82, 2.24) is 0 Å². The summed E-state index contributed by atoms with van der Waals surface area (Å²) in [7, 11) is 1.51. The number of nitrogens with one attached hydrogen (secondary N) is 2. The minimum Gasteiger partial charge on any atom is -0.495 e. The Bertz CT molecular complexity index is 1280. The lowest BCUT2D eigenvalue weighted by Crippen LogP contribution is -2.20. The second-order valence-electron chi connectivity index (χ2n) is 7.16. The molecule has 0 spiro atoms. The summed E-state index contributed by atoms with van der Waals surface area (Å²) < 4.78 is 10.9. The van der Waals surface area contributed by atoms with Gasteiger partial charge >= 0.3 is 0 Å². The number of para-hydroxylation sites is 3. The molecule has 0 aliphatic heterocycles. The number of hydrogen-bond acceptors (Lipinski definition) is 5. The smallest absolute Gasteiger partial charge is 0.266 e. The topological polar surface area (TPSA) is 100 Å². The van der Waals surface area contributed by atoms with Crippen molar-refractivity contribution in [2.75, 3.05) is 24.4 Å². The number of benzene rings is 3. The number of rotatable bonds is 8. The third-order valence-corrected chi connectivity index (χ3v) is 5.00. The van der Waals surface area contributed by atoms with Crippen LogP contribution in [0.3, 0.4) is 0 Å². The Morgan fingerprint density at radius 1 is 1.00 bits per heavy atom. The SMILES string of the molecule is COc1ccccc1NC(=O)COc1ccc(Cl)cc1C=C(C#N)C(=O)Nc1ccccc1C.